The van der Waals surface area contributed by atoms with E-state index >= 15 is 0 Å². The standard InChI is InChI=1S/C12H17N3O/c13-12(16)11(10-5-4-6-14-9-10)15-7-2-1-3-8-15/h4-6,9,11H,1-3,7-8H2,(H2,13,16). The van der Waals surface area contributed by atoms with Gasteiger partial charge in [0.2, 0.25) is 5.91 Å². The van der Waals surface area contributed by atoms with Crippen LogP contribution in [0.25, 0.3) is 0 Å². The molecular formula is C12H17N3O. The Kier molecular flexibility index (Phi) is 3.51. The SMILES string of the molecule is NC(=O)C(c1cccnc1)N1CCCCC1. The van der Waals surface area contributed by atoms with Crippen LogP contribution in [0.5, 0.6) is 0 Å². The van der Waals surface area contributed by atoms with Crippen LogP contribution in [0.2, 0.25) is 0 Å². The van der Waals surface area contributed by atoms with Crippen molar-refractivity contribution in [2.24, 2.45) is 5.73 Å². The van der Waals surface area contributed by atoms with Gasteiger partial charge in [-0.2, -0.15) is 0 Å². The summed E-state index contributed by atoms with van der Waals surface area (Å²) in [7, 11) is 0. The number of carbonyl (C=O) groups excluding carboxylic acids is 1. The average Bonchev–Trinajstić information content (AvgIpc) is 2.31. The van der Waals surface area contributed by atoms with Gasteiger partial charge in [-0.25, -0.2) is 0 Å². The molecule has 1 saturated heterocycles. The highest BCUT2D eigenvalue weighted by atomic mass is 16.1. The molecule has 1 aromatic rings. The fourth-order valence-electron chi connectivity index (χ4n) is 2.27. The number of primary amides is 1. The van der Waals surface area contributed by atoms with E-state index in [1.807, 2.05) is 12.1 Å². The Morgan fingerprint density at radius 3 is 2.69 bits per heavy atom. The first-order chi connectivity index (χ1) is 7.79. The lowest BCUT2D eigenvalue weighted by Gasteiger charge is -2.32. The molecule has 1 aliphatic heterocycles. The molecule has 1 atom stereocenters. The van der Waals surface area contributed by atoms with Crippen LogP contribution in [0.3, 0.4) is 0 Å². The van der Waals surface area contributed by atoms with E-state index in [-0.39, 0.29) is 11.9 Å². The van der Waals surface area contributed by atoms with E-state index in [1.165, 1.54) is 6.42 Å². The minimum absolute atomic E-state index is 0.282. The number of rotatable bonds is 3. The van der Waals surface area contributed by atoms with Crippen molar-refractivity contribution in [2.75, 3.05) is 13.1 Å². The molecule has 0 saturated carbocycles. The van der Waals surface area contributed by atoms with Gasteiger partial charge in [0, 0.05) is 12.4 Å². The van der Waals surface area contributed by atoms with Gasteiger partial charge in [0.25, 0.3) is 0 Å². The van der Waals surface area contributed by atoms with Crippen molar-refractivity contribution in [1.29, 1.82) is 0 Å². The molecule has 2 rings (SSSR count). The highest BCUT2D eigenvalue weighted by Crippen LogP contribution is 2.23. The van der Waals surface area contributed by atoms with Crippen LogP contribution in [-0.2, 0) is 4.79 Å². The Morgan fingerprint density at radius 2 is 2.12 bits per heavy atom. The zero-order chi connectivity index (χ0) is 11.4. The molecule has 2 heterocycles. The topological polar surface area (TPSA) is 59.2 Å². The number of piperidine rings is 1. The molecule has 4 heteroatoms. The molecular weight excluding hydrogens is 202 g/mol. The van der Waals surface area contributed by atoms with Gasteiger partial charge in [0.1, 0.15) is 6.04 Å². The van der Waals surface area contributed by atoms with Crippen LogP contribution >= 0.6 is 0 Å². The van der Waals surface area contributed by atoms with E-state index in [0.29, 0.717) is 0 Å². The number of aromatic nitrogens is 1. The minimum Gasteiger partial charge on any atom is -0.368 e. The molecule has 0 bridgehead atoms. The fourth-order valence-corrected chi connectivity index (χ4v) is 2.27. The summed E-state index contributed by atoms with van der Waals surface area (Å²) in [6.07, 6.45) is 6.96. The van der Waals surface area contributed by atoms with Crippen LogP contribution in [-0.4, -0.2) is 28.9 Å². The van der Waals surface area contributed by atoms with Gasteiger partial charge in [-0.3, -0.25) is 14.7 Å². The highest BCUT2D eigenvalue weighted by molar-refractivity contribution is 5.81. The number of nitrogens with zero attached hydrogens (tertiary/aromatic N) is 2. The Bertz CT molecular complexity index is 347. The lowest BCUT2D eigenvalue weighted by molar-refractivity contribution is -0.123. The first kappa shape index (κ1) is 11.1. The van der Waals surface area contributed by atoms with Gasteiger partial charge in [-0.15, -0.1) is 0 Å². The third-order valence-electron chi connectivity index (χ3n) is 3.03. The average molecular weight is 219 g/mol. The predicted octanol–water partition coefficient (Wildman–Crippen LogP) is 1.09. The van der Waals surface area contributed by atoms with Gasteiger partial charge >= 0.3 is 0 Å². The van der Waals surface area contributed by atoms with E-state index < -0.39 is 0 Å². The minimum atomic E-state index is -0.311. The second-order valence-corrected chi connectivity index (χ2v) is 4.19. The van der Waals surface area contributed by atoms with Crippen molar-refractivity contribution >= 4 is 5.91 Å². The van der Waals surface area contributed by atoms with Crippen LogP contribution in [0.15, 0.2) is 24.5 Å². The van der Waals surface area contributed by atoms with Crippen molar-refractivity contribution in [3.8, 4) is 0 Å². The lowest BCUT2D eigenvalue weighted by atomic mass is 10.0. The summed E-state index contributed by atoms with van der Waals surface area (Å²) >= 11 is 0. The number of amides is 1. The van der Waals surface area contributed by atoms with Crippen molar-refractivity contribution < 1.29 is 4.79 Å². The summed E-state index contributed by atoms with van der Waals surface area (Å²) in [4.78, 5) is 17.8. The molecule has 4 nitrogen and oxygen atoms in total. The van der Waals surface area contributed by atoms with Gasteiger partial charge in [-0.1, -0.05) is 12.5 Å². The maximum atomic E-state index is 11.6. The van der Waals surface area contributed by atoms with Gasteiger partial charge in [0.05, 0.1) is 0 Å². The van der Waals surface area contributed by atoms with Crippen LogP contribution in [0.4, 0.5) is 0 Å². The monoisotopic (exact) mass is 219 g/mol. The zero-order valence-electron chi connectivity index (χ0n) is 9.30. The quantitative estimate of drug-likeness (QED) is 0.828. The third kappa shape index (κ3) is 2.39. The normalized spacial score (nSPS) is 19.2. The first-order valence-electron chi connectivity index (χ1n) is 5.72. The molecule has 0 spiro atoms. The van der Waals surface area contributed by atoms with Crippen LogP contribution in [0, 0.1) is 0 Å². The summed E-state index contributed by atoms with van der Waals surface area (Å²) in [5, 5.41) is 0. The molecule has 1 amide bonds. The smallest absolute Gasteiger partial charge is 0.239 e. The number of pyridine rings is 1. The molecule has 0 radical (unpaired) electrons. The Hall–Kier alpha value is -1.42. The summed E-state index contributed by atoms with van der Waals surface area (Å²) in [6, 6.07) is 3.45. The summed E-state index contributed by atoms with van der Waals surface area (Å²) in [6.45, 7) is 1.89. The molecule has 86 valence electrons. The summed E-state index contributed by atoms with van der Waals surface area (Å²) in [5.74, 6) is -0.282. The maximum absolute atomic E-state index is 11.6. The number of likely N-dealkylation sites (tertiary alicyclic amines) is 1. The second kappa shape index (κ2) is 5.07. The number of nitrogens with two attached hydrogens (primary N) is 1. The van der Waals surface area contributed by atoms with E-state index in [4.69, 9.17) is 5.73 Å². The molecule has 1 aromatic heterocycles. The zero-order valence-corrected chi connectivity index (χ0v) is 9.30. The highest BCUT2D eigenvalue weighted by Gasteiger charge is 2.26. The van der Waals surface area contributed by atoms with E-state index in [0.717, 1.165) is 31.5 Å². The third-order valence-corrected chi connectivity index (χ3v) is 3.03. The van der Waals surface area contributed by atoms with Gasteiger partial charge in [0.15, 0.2) is 0 Å². The molecule has 16 heavy (non-hydrogen) atoms. The number of hydrogen-bond acceptors (Lipinski definition) is 3. The molecule has 1 aliphatic rings. The Morgan fingerprint density at radius 1 is 1.38 bits per heavy atom. The van der Waals surface area contributed by atoms with E-state index in [1.54, 1.807) is 12.4 Å². The van der Waals surface area contributed by atoms with Crippen molar-refractivity contribution in [1.82, 2.24) is 9.88 Å². The molecule has 2 N–H and O–H groups in total. The lowest BCUT2D eigenvalue weighted by Crippen LogP contribution is -2.40. The molecule has 1 fully saturated rings. The van der Waals surface area contributed by atoms with E-state index in [2.05, 4.69) is 9.88 Å². The summed E-state index contributed by atoms with van der Waals surface area (Å²) in [5.41, 5.74) is 6.39. The Balaban J connectivity index is 2.20. The van der Waals surface area contributed by atoms with Crippen molar-refractivity contribution in [2.45, 2.75) is 25.3 Å². The van der Waals surface area contributed by atoms with Crippen molar-refractivity contribution in [3.05, 3.63) is 30.1 Å². The molecule has 0 aromatic carbocycles. The Labute approximate surface area is 95.5 Å². The first-order valence-corrected chi connectivity index (χ1v) is 5.72. The summed E-state index contributed by atoms with van der Waals surface area (Å²) < 4.78 is 0. The van der Waals surface area contributed by atoms with E-state index in [9.17, 15) is 4.79 Å². The van der Waals surface area contributed by atoms with Gasteiger partial charge < -0.3 is 5.73 Å². The predicted molar refractivity (Wildman–Crippen MR) is 61.6 cm³/mol. The largest absolute Gasteiger partial charge is 0.368 e. The fraction of sp³-hybridized carbons (Fsp3) is 0.500. The number of carbonyl (C=O) groups is 1. The van der Waals surface area contributed by atoms with Crippen LogP contribution < -0.4 is 5.73 Å². The van der Waals surface area contributed by atoms with Crippen LogP contribution in [0.1, 0.15) is 30.9 Å². The van der Waals surface area contributed by atoms with Crippen molar-refractivity contribution in [3.63, 3.8) is 0 Å². The molecule has 0 aliphatic carbocycles. The second-order valence-electron chi connectivity index (χ2n) is 4.19. The van der Waals surface area contributed by atoms with Gasteiger partial charge in [-0.05, 0) is 37.6 Å². The molecule has 1 unspecified atom stereocenters. The maximum Gasteiger partial charge on any atom is 0.239 e. The number of hydrogen-bond donors (Lipinski definition) is 1.